The summed E-state index contributed by atoms with van der Waals surface area (Å²) in [5.74, 6) is -0.880. The number of carboxylic acid groups (broad SMARTS) is 1. The van der Waals surface area contributed by atoms with Gasteiger partial charge in [-0.3, -0.25) is 9.59 Å². The molecule has 1 N–H and O–H groups in total. The Bertz CT molecular complexity index is 841. The second kappa shape index (κ2) is 32.6. The number of unbranched alkanes of at least 4 members (excludes halogenated alkanes) is 7. The maximum atomic E-state index is 12.5. The predicted octanol–water partition coefficient (Wildman–Crippen LogP) is 11.3. The monoisotopic (exact) mass is 580 g/mol. The first-order valence-electron chi connectivity index (χ1n) is 16.6. The Morgan fingerprint density at radius 1 is 0.571 bits per heavy atom. The van der Waals surface area contributed by atoms with Crippen LogP contribution in [0, 0.1) is 0 Å². The van der Waals surface area contributed by atoms with Crippen molar-refractivity contribution in [3.8, 4) is 0 Å². The van der Waals surface area contributed by atoms with Gasteiger partial charge in [0.2, 0.25) is 0 Å². The minimum absolute atomic E-state index is 0.141. The molecule has 42 heavy (non-hydrogen) atoms. The summed E-state index contributed by atoms with van der Waals surface area (Å²) in [5.41, 5.74) is 0. The van der Waals surface area contributed by atoms with Crippen LogP contribution in [0.15, 0.2) is 85.1 Å². The Morgan fingerprint density at radius 2 is 1.10 bits per heavy atom. The quantitative estimate of drug-likeness (QED) is 0.0568. The predicted molar refractivity (Wildman–Crippen MR) is 181 cm³/mol. The van der Waals surface area contributed by atoms with Gasteiger partial charge in [0.15, 0.2) is 0 Å². The van der Waals surface area contributed by atoms with Gasteiger partial charge in [-0.2, -0.15) is 0 Å². The van der Waals surface area contributed by atoms with Crippen LogP contribution < -0.4 is 0 Å². The number of allylic oxidation sites excluding steroid dienone is 13. The van der Waals surface area contributed by atoms with Crippen LogP contribution in [0.5, 0.6) is 0 Å². The highest BCUT2D eigenvalue weighted by Crippen LogP contribution is 2.13. The van der Waals surface area contributed by atoms with E-state index in [1.165, 1.54) is 19.3 Å². The maximum Gasteiger partial charge on any atom is 0.306 e. The molecular weight excluding hydrogens is 520 g/mol. The van der Waals surface area contributed by atoms with E-state index >= 15 is 0 Å². The number of rotatable bonds is 28. The minimum atomic E-state index is -0.739. The Balaban J connectivity index is 4.23. The number of esters is 1. The highest BCUT2D eigenvalue weighted by molar-refractivity contribution is 5.69. The van der Waals surface area contributed by atoms with Crippen molar-refractivity contribution >= 4 is 11.9 Å². The molecule has 0 aliphatic carbocycles. The molecule has 1 atom stereocenters. The van der Waals surface area contributed by atoms with E-state index in [1.807, 2.05) is 6.08 Å². The van der Waals surface area contributed by atoms with E-state index in [-0.39, 0.29) is 18.5 Å². The van der Waals surface area contributed by atoms with Crippen LogP contribution in [-0.2, 0) is 14.3 Å². The molecule has 0 rings (SSSR count). The highest BCUT2D eigenvalue weighted by atomic mass is 16.5. The SMILES string of the molecule is CC/C=C\C/C=C\C/C=C\C/C=C\C/C=C\CCCC(=O)OC(/C=C\C/C=C\CCCCC)CCCCCCC(=O)O. The highest BCUT2D eigenvalue weighted by Gasteiger charge is 2.11. The zero-order valence-electron chi connectivity index (χ0n) is 26.8. The van der Waals surface area contributed by atoms with Gasteiger partial charge in [0.05, 0.1) is 0 Å². The van der Waals surface area contributed by atoms with Crippen molar-refractivity contribution in [2.24, 2.45) is 0 Å². The van der Waals surface area contributed by atoms with E-state index in [2.05, 4.69) is 92.8 Å². The average Bonchev–Trinajstić information content (AvgIpc) is 2.97. The fourth-order valence-electron chi connectivity index (χ4n) is 4.17. The van der Waals surface area contributed by atoms with Gasteiger partial charge < -0.3 is 9.84 Å². The second-order valence-corrected chi connectivity index (χ2v) is 10.6. The number of carbonyl (C=O) groups excluding carboxylic acids is 1. The molecule has 0 fully saturated rings. The number of ether oxygens (including phenoxy) is 1. The molecule has 4 nitrogen and oxygen atoms in total. The topological polar surface area (TPSA) is 63.6 Å². The lowest BCUT2D eigenvalue weighted by molar-refractivity contribution is -0.147. The molecule has 0 spiro atoms. The van der Waals surface area contributed by atoms with Crippen LogP contribution in [0.1, 0.15) is 136 Å². The molecule has 0 bridgehead atoms. The first kappa shape index (κ1) is 39.1. The van der Waals surface area contributed by atoms with E-state index in [4.69, 9.17) is 9.84 Å². The van der Waals surface area contributed by atoms with E-state index in [0.29, 0.717) is 12.8 Å². The standard InChI is InChI=1S/C38H60O4/c1-3-5-7-9-11-13-14-15-16-17-18-19-20-21-23-25-31-35-38(41)42-36(33-29-26-27-30-34-37(39)40)32-28-24-22-12-10-8-6-4-2/h5,7,11-13,15-16,18-19,21-23,28,32,36H,3-4,6,8-10,14,17,20,24-27,29-31,33-35H2,1-2H3,(H,39,40)/b7-5-,13-11-,16-15-,19-18-,22-12-,23-21-,32-28-. The number of carboxylic acids is 1. The maximum absolute atomic E-state index is 12.5. The lowest BCUT2D eigenvalue weighted by Crippen LogP contribution is -2.16. The fraction of sp³-hybridized carbons (Fsp3) is 0.579. The smallest absolute Gasteiger partial charge is 0.306 e. The number of hydrogen-bond donors (Lipinski definition) is 1. The third-order valence-corrected chi connectivity index (χ3v) is 6.59. The van der Waals surface area contributed by atoms with Crippen molar-refractivity contribution in [2.45, 2.75) is 142 Å². The summed E-state index contributed by atoms with van der Waals surface area (Å²) in [7, 11) is 0. The van der Waals surface area contributed by atoms with Gasteiger partial charge in [0.1, 0.15) is 6.10 Å². The average molecular weight is 581 g/mol. The third-order valence-electron chi connectivity index (χ3n) is 6.59. The summed E-state index contributed by atoms with van der Waals surface area (Å²) in [6, 6.07) is 0. The summed E-state index contributed by atoms with van der Waals surface area (Å²) >= 11 is 0. The lowest BCUT2D eigenvalue weighted by Gasteiger charge is -2.14. The van der Waals surface area contributed by atoms with E-state index in [1.54, 1.807) is 0 Å². The number of hydrogen-bond acceptors (Lipinski definition) is 3. The van der Waals surface area contributed by atoms with Crippen LogP contribution in [0.4, 0.5) is 0 Å². The van der Waals surface area contributed by atoms with Gasteiger partial charge in [0, 0.05) is 12.8 Å². The van der Waals surface area contributed by atoms with Crippen LogP contribution in [0.2, 0.25) is 0 Å². The van der Waals surface area contributed by atoms with Gasteiger partial charge in [-0.25, -0.2) is 0 Å². The van der Waals surface area contributed by atoms with Crippen LogP contribution in [0.3, 0.4) is 0 Å². The zero-order valence-corrected chi connectivity index (χ0v) is 26.8. The van der Waals surface area contributed by atoms with Gasteiger partial charge in [-0.1, -0.05) is 119 Å². The van der Waals surface area contributed by atoms with E-state index in [0.717, 1.165) is 83.5 Å². The molecule has 236 valence electrons. The first-order chi connectivity index (χ1) is 20.6. The normalized spacial score (nSPS) is 13.4. The molecule has 0 aromatic rings. The van der Waals surface area contributed by atoms with Crippen molar-refractivity contribution < 1.29 is 19.4 Å². The molecule has 0 aromatic carbocycles. The summed E-state index contributed by atoms with van der Waals surface area (Å²) in [6.07, 6.45) is 47.4. The summed E-state index contributed by atoms with van der Waals surface area (Å²) in [5, 5.41) is 8.79. The molecular formula is C38H60O4. The lowest BCUT2D eigenvalue weighted by atomic mass is 10.1. The molecule has 0 radical (unpaired) electrons. The molecule has 0 heterocycles. The number of carbonyl (C=O) groups is 2. The Morgan fingerprint density at radius 3 is 1.67 bits per heavy atom. The van der Waals surface area contributed by atoms with E-state index in [9.17, 15) is 9.59 Å². The Hall–Kier alpha value is -2.88. The van der Waals surface area contributed by atoms with Crippen LogP contribution >= 0.6 is 0 Å². The molecule has 0 aromatic heterocycles. The molecule has 0 aliphatic heterocycles. The molecule has 1 unspecified atom stereocenters. The van der Waals surface area contributed by atoms with Crippen molar-refractivity contribution in [1.82, 2.24) is 0 Å². The Kier molecular flexibility index (Phi) is 30.4. The summed E-state index contributed by atoms with van der Waals surface area (Å²) < 4.78 is 5.79. The first-order valence-corrected chi connectivity index (χ1v) is 16.6. The Labute approximate surface area is 258 Å². The van der Waals surface area contributed by atoms with Crippen molar-refractivity contribution in [3.05, 3.63) is 85.1 Å². The number of aliphatic carboxylic acids is 1. The molecule has 4 heteroatoms. The van der Waals surface area contributed by atoms with Gasteiger partial charge in [0.25, 0.3) is 0 Å². The summed E-state index contributed by atoms with van der Waals surface area (Å²) in [4.78, 5) is 23.2. The van der Waals surface area contributed by atoms with Crippen molar-refractivity contribution in [3.63, 3.8) is 0 Å². The molecule has 0 saturated heterocycles. The van der Waals surface area contributed by atoms with Gasteiger partial charge in [-0.05, 0) is 89.5 Å². The van der Waals surface area contributed by atoms with Gasteiger partial charge in [-0.15, -0.1) is 0 Å². The second-order valence-electron chi connectivity index (χ2n) is 10.6. The molecule has 0 saturated carbocycles. The zero-order chi connectivity index (χ0) is 30.8. The minimum Gasteiger partial charge on any atom is -0.481 e. The molecule has 0 aliphatic rings. The largest absolute Gasteiger partial charge is 0.481 e. The van der Waals surface area contributed by atoms with Crippen molar-refractivity contribution in [1.29, 1.82) is 0 Å². The van der Waals surface area contributed by atoms with Crippen LogP contribution in [-0.4, -0.2) is 23.1 Å². The third kappa shape index (κ3) is 31.6. The van der Waals surface area contributed by atoms with Gasteiger partial charge >= 0.3 is 11.9 Å². The fourth-order valence-corrected chi connectivity index (χ4v) is 4.17. The van der Waals surface area contributed by atoms with Crippen LogP contribution in [0.25, 0.3) is 0 Å². The summed E-state index contributed by atoms with van der Waals surface area (Å²) in [6.45, 7) is 4.36. The van der Waals surface area contributed by atoms with E-state index < -0.39 is 5.97 Å². The molecule has 0 amide bonds. The van der Waals surface area contributed by atoms with Crippen molar-refractivity contribution in [2.75, 3.05) is 0 Å².